The summed E-state index contributed by atoms with van der Waals surface area (Å²) in [6.45, 7) is 1.95. The average Bonchev–Trinajstić information content (AvgIpc) is 3.38. The standard InChI is InChI=1S/C21H21ClN4O4S/c1-14-10-20(26(24-14)15-8-9-23-19(22)11-15)25-13-17(12-18(25)21(27)30-2)31(28,29)16-6-4-3-5-7-16/h3-11,17-18H,12-13H2,1-2H3. The van der Waals surface area contributed by atoms with Crippen molar-refractivity contribution in [3.8, 4) is 5.69 Å². The molecular formula is C21H21ClN4O4S. The van der Waals surface area contributed by atoms with Gasteiger partial charge in [-0.3, -0.25) is 0 Å². The van der Waals surface area contributed by atoms with Gasteiger partial charge >= 0.3 is 5.97 Å². The molecule has 0 amide bonds. The minimum atomic E-state index is -3.64. The first-order chi connectivity index (χ1) is 14.8. The number of sulfone groups is 1. The molecule has 0 aliphatic carbocycles. The Morgan fingerprint density at radius 3 is 2.61 bits per heavy atom. The van der Waals surface area contributed by atoms with Crippen LogP contribution in [0.1, 0.15) is 12.1 Å². The highest BCUT2D eigenvalue weighted by atomic mass is 35.5. The number of ether oxygens (including phenoxy) is 1. The van der Waals surface area contributed by atoms with Gasteiger partial charge in [-0.2, -0.15) is 5.10 Å². The number of aromatic nitrogens is 3. The van der Waals surface area contributed by atoms with Crippen LogP contribution in [0.4, 0.5) is 5.82 Å². The molecule has 4 rings (SSSR count). The zero-order valence-corrected chi connectivity index (χ0v) is 18.5. The van der Waals surface area contributed by atoms with Gasteiger partial charge in [0.15, 0.2) is 9.84 Å². The molecule has 2 unspecified atom stereocenters. The molecule has 162 valence electrons. The van der Waals surface area contributed by atoms with Gasteiger partial charge in [-0.15, -0.1) is 0 Å². The van der Waals surface area contributed by atoms with E-state index in [2.05, 4.69) is 10.1 Å². The molecule has 2 aromatic heterocycles. The van der Waals surface area contributed by atoms with E-state index in [0.717, 1.165) is 0 Å². The molecule has 0 N–H and O–H groups in total. The predicted octanol–water partition coefficient (Wildman–Crippen LogP) is 2.82. The fraction of sp³-hybridized carbons (Fsp3) is 0.286. The zero-order valence-electron chi connectivity index (χ0n) is 17.0. The third-order valence-corrected chi connectivity index (χ3v) is 7.66. The van der Waals surface area contributed by atoms with Gasteiger partial charge in [-0.25, -0.2) is 22.9 Å². The van der Waals surface area contributed by atoms with Crippen molar-refractivity contribution in [1.82, 2.24) is 14.8 Å². The van der Waals surface area contributed by atoms with E-state index in [0.29, 0.717) is 22.4 Å². The van der Waals surface area contributed by atoms with Gasteiger partial charge < -0.3 is 9.64 Å². The number of esters is 1. The molecule has 1 fully saturated rings. The lowest BCUT2D eigenvalue weighted by Crippen LogP contribution is -2.38. The number of methoxy groups -OCH3 is 1. The van der Waals surface area contributed by atoms with Crippen molar-refractivity contribution in [2.45, 2.75) is 29.5 Å². The van der Waals surface area contributed by atoms with E-state index in [1.165, 1.54) is 7.11 Å². The topological polar surface area (TPSA) is 94.4 Å². The summed E-state index contributed by atoms with van der Waals surface area (Å²) >= 11 is 6.05. The first-order valence-corrected chi connectivity index (χ1v) is 11.6. The van der Waals surface area contributed by atoms with Gasteiger partial charge in [0, 0.05) is 24.9 Å². The van der Waals surface area contributed by atoms with E-state index in [9.17, 15) is 13.2 Å². The van der Waals surface area contributed by atoms with Crippen LogP contribution in [0.15, 0.2) is 59.6 Å². The maximum atomic E-state index is 13.2. The molecule has 31 heavy (non-hydrogen) atoms. The summed E-state index contributed by atoms with van der Waals surface area (Å²) < 4.78 is 33.1. The van der Waals surface area contributed by atoms with Crippen LogP contribution in [0, 0.1) is 6.92 Å². The number of benzene rings is 1. The number of pyridine rings is 1. The first kappa shape index (κ1) is 21.3. The lowest BCUT2D eigenvalue weighted by Gasteiger charge is -2.25. The Balaban J connectivity index is 1.76. The Hall–Kier alpha value is -2.91. The van der Waals surface area contributed by atoms with Crippen LogP contribution in [0.2, 0.25) is 5.15 Å². The summed E-state index contributed by atoms with van der Waals surface area (Å²) in [5.74, 6) is 0.0878. The number of halogens is 1. The Morgan fingerprint density at radius 2 is 1.94 bits per heavy atom. The number of hydrogen-bond donors (Lipinski definition) is 0. The fourth-order valence-electron chi connectivity index (χ4n) is 3.84. The summed E-state index contributed by atoms with van der Waals surface area (Å²) in [5, 5.41) is 4.04. The molecule has 0 saturated carbocycles. The van der Waals surface area contributed by atoms with Crippen LogP contribution in [-0.4, -0.2) is 54.1 Å². The van der Waals surface area contributed by atoms with Crippen LogP contribution in [0.5, 0.6) is 0 Å². The van der Waals surface area contributed by atoms with Crippen LogP contribution in [-0.2, 0) is 19.4 Å². The minimum Gasteiger partial charge on any atom is -0.467 e. The molecule has 3 heterocycles. The van der Waals surface area contributed by atoms with Gasteiger partial charge in [0.2, 0.25) is 0 Å². The van der Waals surface area contributed by atoms with Crippen molar-refractivity contribution in [3.63, 3.8) is 0 Å². The molecule has 2 atom stereocenters. The van der Waals surface area contributed by atoms with E-state index in [4.69, 9.17) is 16.3 Å². The first-order valence-electron chi connectivity index (χ1n) is 9.63. The van der Waals surface area contributed by atoms with Crippen molar-refractivity contribution < 1.29 is 17.9 Å². The second kappa shape index (κ2) is 8.32. The summed E-state index contributed by atoms with van der Waals surface area (Å²) in [6, 6.07) is 12.7. The lowest BCUT2D eigenvalue weighted by atomic mass is 10.2. The molecule has 0 bridgehead atoms. The maximum Gasteiger partial charge on any atom is 0.328 e. The smallest absolute Gasteiger partial charge is 0.328 e. The van der Waals surface area contributed by atoms with E-state index < -0.39 is 27.1 Å². The van der Waals surface area contributed by atoms with Crippen molar-refractivity contribution in [2.75, 3.05) is 18.6 Å². The summed E-state index contributed by atoms with van der Waals surface area (Å²) in [7, 11) is -2.35. The zero-order chi connectivity index (χ0) is 22.2. The number of carbonyl (C=O) groups excluding carboxylic acids is 1. The number of aryl methyl sites for hydroxylation is 1. The normalized spacial score (nSPS) is 18.9. The SMILES string of the molecule is COC(=O)C1CC(S(=O)(=O)c2ccccc2)CN1c1cc(C)nn1-c1ccnc(Cl)c1. The fourth-order valence-corrected chi connectivity index (χ4v) is 5.72. The Kier molecular flexibility index (Phi) is 5.72. The van der Waals surface area contributed by atoms with Crippen LogP contribution in [0.3, 0.4) is 0 Å². The van der Waals surface area contributed by atoms with E-state index >= 15 is 0 Å². The third kappa shape index (κ3) is 4.03. The summed E-state index contributed by atoms with van der Waals surface area (Å²) in [4.78, 5) is 18.6. The number of hydrogen-bond acceptors (Lipinski definition) is 7. The average molecular weight is 461 g/mol. The quantitative estimate of drug-likeness (QED) is 0.426. The van der Waals surface area contributed by atoms with Crippen molar-refractivity contribution in [1.29, 1.82) is 0 Å². The third-order valence-electron chi connectivity index (χ3n) is 5.31. The molecule has 1 aromatic carbocycles. The predicted molar refractivity (Wildman–Crippen MR) is 116 cm³/mol. The van der Waals surface area contributed by atoms with Crippen LogP contribution in [0.25, 0.3) is 5.69 Å². The molecule has 10 heteroatoms. The molecule has 1 aliphatic rings. The number of anilines is 1. The van der Waals surface area contributed by atoms with Gasteiger partial charge in [0.05, 0.1) is 28.6 Å². The summed E-state index contributed by atoms with van der Waals surface area (Å²) in [5.41, 5.74) is 1.36. The minimum absolute atomic E-state index is 0.116. The van der Waals surface area contributed by atoms with Gasteiger partial charge in [-0.1, -0.05) is 29.8 Å². The molecule has 0 spiro atoms. The number of rotatable bonds is 5. The van der Waals surface area contributed by atoms with Crippen LogP contribution >= 0.6 is 11.6 Å². The second-order valence-electron chi connectivity index (χ2n) is 7.30. The highest BCUT2D eigenvalue weighted by Crippen LogP contribution is 2.34. The van der Waals surface area contributed by atoms with Gasteiger partial charge in [0.1, 0.15) is 17.0 Å². The van der Waals surface area contributed by atoms with E-state index in [1.54, 1.807) is 58.2 Å². The highest BCUT2D eigenvalue weighted by molar-refractivity contribution is 7.92. The summed E-state index contributed by atoms with van der Waals surface area (Å²) in [6.07, 6.45) is 1.67. The Morgan fingerprint density at radius 1 is 1.19 bits per heavy atom. The lowest BCUT2D eigenvalue weighted by molar-refractivity contribution is -0.141. The number of nitrogens with zero attached hydrogens (tertiary/aromatic N) is 4. The van der Waals surface area contributed by atoms with Crippen molar-refractivity contribution >= 4 is 33.2 Å². The largest absolute Gasteiger partial charge is 0.467 e. The van der Waals surface area contributed by atoms with Gasteiger partial charge in [-0.05, 0) is 31.5 Å². The maximum absolute atomic E-state index is 13.2. The highest BCUT2D eigenvalue weighted by Gasteiger charge is 2.45. The molecular weight excluding hydrogens is 440 g/mol. The van der Waals surface area contributed by atoms with E-state index in [-0.39, 0.29) is 17.9 Å². The molecule has 1 saturated heterocycles. The van der Waals surface area contributed by atoms with Crippen LogP contribution < -0.4 is 4.90 Å². The molecule has 8 nitrogen and oxygen atoms in total. The monoisotopic (exact) mass is 460 g/mol. The van der Waals surface area contributed by atoms with Crippen molar-refractivity contribution in [2.24, 2.45) is 0 Å². The molecule has 0 radical (unpaired) electrons. The van der Waals surface area contributed by atoms with E-state index in [1.807, 2.05) is 13.0 Å². The molecule has 3 aromatic rings. The Bertz CT molecular complexity index is 1210. The number of carbonyl (C=O) groups is 1. The molecule has 1 aliphatic heterocycles. The Labute approximate surface area is 185 Å². The van der Waals surface area contributed by atoms with Gasteiger partial charge in [0.25, 0.3) is 0 Å². The van der Waals surface area contributed by atoms with Crippen molar-refractivity contribution in [3.05, 3.63) is 65.6 Å². The second-order valence-corrected chi connectivity index (χ2v) is 9.91.